The first-order valence-electron chi connectivity index (χ1n) is 6.24. The normalized spacial score (nSPS) is 11.6. The molecule has 0 aliphatic rings. The van der Waals surface area contributed by atoms with Gasteiger partial charge in [-0.05, 0) is 25.8 Å². The van der Waals surface area contributed by atoms with Crippen molar-refractivity contribution in [1.29, 1.82) is 0 Å². The molecular formula is C12H28N2. The third-order valence-electron chi connectivity index (χ3n) is 2.92. The van der Waals surface area contributed by atoms with Gasteiger partial charge in [-0.25, -0.2) is 0 Å². The van der Waals surface area contributed by atoms with Crippen LogP contribution in [0.2, 0.25) is 0 Å². The van der Waals surface area contributed by atoms with E-state index in [4.69, 9.17) is 5.73 Å². The highest BCUT2D eigenvalue weighted by Gasteiger charge is 2.12. The lowest BCUT2D eigenvalue weighted by atomic mass is 10.1. The Balaban J connectivity index is 3.85. The van der Waals surface area contributed by atoms with Crippen LogP contribution >= 0.6 is 0 Å². The van der Waals surface area contributed by atoms with Gasteiger partial charge < -0.3 is 5.73 Å². The maximum Gasteiger partial charge on any atom is 0.0108 e. The Bertz CT molecular complexity index is 111. The van der Waals surface area contributed by atoms with Gasteiger partial charge in [0.05, 0.1) is 0 Å². The number of hydrogen-bond donors (Lipinski definition) is 1. The van der Waals surface area contributed by atoms with Gasteiger partial charge in [-0.3, -0.25) is 4.90 Å². The second-order valence-corrected chi connectivity index (χ2v) is 4.00. The van der Waals surface area contributed by atoms with Gasteiger partial charge in [-0.1, -0.05) is 33.6 Å². The Morgan fingerprint density at radius 1 is 1.00 bits per heavy atom. The fourth-order valence-electron chi connectivity index (χ4n) is 2.01. The second kappa shape index (κ2) is 9.47. The van der Waals surface area contributed by atoms with Crippen molar-refractivity contribution in [3.05, 3.63) is 0 Å². The molecule has 0 rings (SSSR count). The molecule has 0 saturated heterocycles. The highest BCUT2D eigenvalue weighted by molar-refractivity contribution is 4.69. The molecule has 0 heterocycles. The Hall–Kier alpha value is -0.0800. The van der Waals surface area contributed by atoms with Gasteiger partial charge in [0, 0.05) is 19.1 Å². The molecule has 0 aliphatic heterocycles. The van der Waals surface area contributed by atoms with E-state index >= 15 is 0 Å². The summed E-state index contributed by atoms with van der Waals surface area (Å²) in [6, 6.07) is 0.746. The quantitative estimate of drug-likeness (QED) is 0.580. The first-order chi connectivity index (χ1) is 6.79. The van der Waals surface area contributed by atoms with Crippen LogP contribution in [0.3, 0.4) is 0 Å². The minimum absolute atomic E-state index is 0.746. The molecule has 0 radical (unpaired) electrons. The van der Waals surface area contributed by atoms with Gasteiger partial charge in [0.25, 0.3) is 0 Å². The Kier molecular flexibility index (Phi) is 9.42. The van der Waals surface area contributed by atoms with Crippen LogP contribution in [-0.4, -0.2) is 30.6 Å². The zero-order valence-corrected chi connectivity index (χ0v) is 10.3. The maximum atomic E-state index is 5.64. The summed E-state index contributed by atoms with van der Waals surface area (Å²) in [6.07, 6.45) is 6.48. The van der Waals surface area contributed by atoms with Crippen LogP contribution in [0.1, 0.15) is 52.9 Å². The van der Waals surface area contributed by atoms with Crippen LogP contribution in [-0.2, 0) is 0 Å². The van der Waals surface area contributed by atoms with E-state index < -0.39 is 0 Å². The monoisotopic (exact) mass is 200 g/mol. The van der Waals surface area contributed by atoms with Gasteiger partial charge >= 0.3 is 0 Å². The molecule has 0 saturated carbocycles. The van der Waals surface area contributed by atoms with Crippen LogP contribution in [0.4, 0.5) is 0 Å². The SMILES string of the molecule is CCCCCN(CCN)C(CC)CC. The molecule has 2 nitrogen and oxygen atoms in total. The summed E-state index contributed by atoms with van der Waals surface area (Å²) in [5, 5.41) is 0. The number of hydrogen-bond acceptors (Lipinski definition) is 2. The molecule has 0 amide bonds. The van der Waals surface area contributed by atoms with Crippen LogP contribution in [0.5, 0.6) is 0 Å². The molecule has 0 atom stereocenters. The van der Waals surface area contributed by atoms with Crippen LogP contribution in [0, 0.1) is 0 Å². The van der Waals surface area contributed by atoms with Crippen LogP contribution < -0.4 is 5.73 Å². The summed E-state index contributed by atoms with van der Waals surface area (Å²) in [6.45, 7) is 9.90. The molecule has 0 aromatic heterocycles. The highest BCUT2D eigenvalue weighted by atomic mass is 15.2. The zero-order chi connectivity index (χ0) is 10.8. The van der Waals surface area contributed by atoms with Gasteiger partial charge in [0.1, 0.15) is 0 Å². The van der Waals surface area contributed by atoms with Crippen molar-refractivity contribution in [1.82, 2.24) is 4.90 Å². The predicted molar refractivity (Wildman–Crippen MR) is 64.5 cm³/mol. The maximum absolute atomic E-state index is 5.64. The lowest BCUT2D eigenvalue weighted by Gasteiger charge is -2.29. The Labute approximate surface area is 89.9 Å². The molecule has 0 aromatic rings. The number of nitrogens with zero attached hydrogens (tertiary/aromatic N) is 1. The third-order valence-corrected chi connectivity index (χ3v) is 2.92. The first-order valence-corrected chi connectivity index (χ1v) is 6.24. The van der Waals surface area contributed by atoms with Gasteiger partial charge in [0.2, 0.25) is 0 Å². The summed E-state index contributed by atoms with van der Waals surface area (Å²) in [5.74, 6) is 0. The molecule has 0 spiro atoms. The molecular weight excluding hydrogens is 172 g/mol. The van der Waals surface area contributed by atoms with Crippen molar-refractivity contribution in [2.75, 3.05) is 19.6 Å². The zero-order valence-electron chi connectivity index (χ0n) is 10.3. The van der Waals surface area contributed by atoms with E-state index in [0.717, 1.165) is 19.1 Å². The fraction of sp³-hybridized carbons (Fsp3) is 1.00. The fourth-order valence-corrected chi connectivity index (χ4v) is 2.01. The van der Waals surface area contributed by atoms with E-state index in [9.17, 15) is 0 Å². The van der Waals surface area contributed by atoms with Crippen molar-refractivity contribution in [3.63, 3.8) is 0 Å². The predicted octanol–water partition coefficient (Wildman–Crippen LogP) is 2.63. The van der Waals surface area contributed by atoms with E-state index in [0.29, 0.717) is 0 Å². The van der Waals surface area contributed by atoms with E-state index in [-0.39, 0.29) is 0 Å². The van der Waals surface area contributed by atoms with Crippen molar-refractivity contribution in [2.24, 2.45) is 5.73 Å². The minimum Gasteiger partial charge on any atom is -0.329 e. The number of nitrogens with two attached hydrogens (primary N) is 1. The summed E-state index contributed by atoms with van der Waals surface area (Å²) < 4.78 is 0. The van der Waals surface area contributed by atoms with Gasteiger partial charge in [-0.15, -0.1) is 0 Å². The molecule has 2 N–H and O–H groups in total. The molecule has 0 unspecified atom stereocenters. The van der Waals surface area contributed by atoms with Crippen LogP contribution in [0.25, 0.3) is 0 Å². The van der Waals surface area contributed by atoms with Crippen molar-refractivity contribution < 1.29 is 0 Å². The topological polar surface area (TPSA) is 29.3 Å². The molecule has 2 heteroatoms. The molecule has 0 aromatic carbocycles. The average Bonchev–Trinajstić information content (AvgIpc) is 2.20. The largest absolute Gasteiger partial charge is 0.329 e. The van der Waals surface area contributed by atoms with E-state index in [2.05, 4.69) is 25.7 Å². The summed E-state index contributed by atoms with van der Waals surface area (Å²) in [5.41, 5.74) is 5.64. The highest BCUT2D eigenvalue weighted by Crippen LogP contribution is 2.09. The average molecular weight is 200 g/mol. The van der Waals surface area contributed by atoms with Gasteiger partial charge in [-0.2, -0.15) is 0 Å². The third kappa shape index (κ3) is 5.61. The smallest absolute Gasteiger partial charge is 0.0108 e. The lowest BCUT2D eigenvalue weighted by Crippen LogP contribution is -2.38. The van der Waals surface area contributed by atoms with Crippen molar-refractivity contribution >= 4 is 0 Å². The minimum atomic E-state index is 0.746. The number of rotatable bonds is 9. The summed E-state index contributed by atoms with van der Waals surface area (Å²) in [4.78, 5) is 2.57. The number of unbranched alkanes of at least 4 members (excludes halogenated alkanes) is 2. The second-order valence-electron chi connectivity index (χ2n) is 4.00. The standard InChI is InChI=1S/C12H28N2/c1-4-7-8-10-14(11-9-13)12(5-2)6-3/h12H,4-11,13H2,1-3H3. The summed E-state index contributed by atoms with van der Waals surface area (Å²) in [7, 11) is 0. The van der Waals surface area contributed by atoms with E-state index in [1.807, 2.05) is 0 Å². The van der Waals surface area contributed by atoms with Gasteiger partial charge in [0.15, 0.2) is 0 Å². The molecule has 0 aliphatic carbocycles. The molecule has 86 valence electrons. The summed E-state index contributed by atoms with van der Waals surface area (Å²) >= 11 is 0. The lowest BCUT2D eigenvalue weighted by molar-refractivity contribution is 0.187. The van der Waals surface area contributed by atoms with E-state index in [1.54, 1.807) is 0 Å². The van der Waals surface area contributed by atoms with Crippen molar-refractivity contribution in [2.45, 2.75) is 58.9 Å². The van der Waals surface area contributed by atoms with Crippen molar-refractivity contribution in [3.8, 4) is 0 Å². The molecule has 0 bridgehead atoms. The molecule has 14 heavy (non-hydrogen) atoms. The Morgan fingerprint density at radius 2 is 1.64 bits per heavy atom. The van der Waals surface area contributed by atoms with Crippen LogP contribution in [0.15, 0.2) is 0 Å². The molecule has 0 fully saturated rings. The van der Waals surface area contributed by atoms with E-state index in [1.165, 1.54) is 38.6 Å². The first kappa shape index (κ1) is 13.9. The Morgan fingerprint density at radius 3 is 2.07 bits per heavy atom.